The topological polar surface area (TPSA) is 154 Å². The molecule has 1 aliphatic rings. The van der Waals surface area contributed by atoms with E-state index in [0.29, 0.717) is 25.3 Å². The third kappa shape index (κ3) is 14.1. The Kier molecular flexibility index (Phi) is 14.5. The van der Waals surface area contributed by atoms with Gasteiger partial charge in [-0.25, -0.2) is 4.79 Å². The van der Waals surface area contributed by atoms with E-state index in [1.54, 1.807) is 32.5 Å². The van der Waals surface area contributed by atoms with Gasteiger partial charge in [0.1, 0.15) is 11.6 Å². The van der Waals surface area contributed by atoms with E-state index < -0.39 is 47.7 Å². The summed E-state index contributed by atoms with van der Waals surface area (Å²) in [5.74, 6) is -1.86. The number of rotatable bonds is 15. The van der Waals surface area contributed by atoms with E-state index >= 15 is 0 Å². The zero-order valence-electron chi connectivity index (χ0n) is 24.7. The summed E-state index contributed by atoms with van der Waals surface area (Å²) in [7, 11) is 0. The van der Waals surface area contributed by atoms with Crippen LogP contribution in [-0.2, 0) is 25.5 Å². The minimum atomic E-state index is -1.21. The van der Waals surface area contributed by atoms with Gasteiger partial charge in [0.05, 0.1) is 18.6 Å². The highest BCUT2D eigenvalue weighted by atomic mass is 32.2. The lowest BCUT2D eigenvalue weighted by Gasteiger charge is -2.31. The molecule has 0 spiro atoms. The molecule has 1 aliphatic carbocycles. The SMILES string of the molecule is CSc1ccc(CCNC(=O)[C@H](CCC(=O)O)NC(=O)CC(O)C(CC2CCCCC2)NC(=O)OC(C)(C)C)cc1. The summed E-state index contributed by atoms with van der Waals surface area (Å²) < 4.78 is 5.37. The molecule has 1 fully saturated rings. The molecular weight excluding hydrogens is 546 g/mol. The molecule has 3 amide bonds. The number of aliphatic hydroxyl groups is 1. The Morgan fingerprint density at radius 2 is 1.71 bits per heavy atom. The van der Waals surface area contributed by atoms with Gasteiger partial charge in [0.25, 0.3) is 0 Å². The number of ether oxygens (including phenoxy) is 1. The summed E-state index contributed by atoms with van der Waals surface area (Å²) in [6.45, 7) is 5.56. The van der Waals surface area contributed by atoms with Crippen LogP contribution < -0.4 is 16.0 Å². The number of carbonyl (C=O) groups excluding carboxylic acids is 3. The van der Waals surface area contributed by atoms with E-state index in [2.05, 4.69) is 16.0 Å². The zero-order chi connectivity index (χ0) is 30.4. The second kappa shape index (κ2) is 17.2. The lowest BCUT2D eigenvalue weighted by atomic mass is 9.83. The molecule has 3 atom stereocenters. The van der Waals surface area contributed by atoms with Crippen molar-refractivity contribution >= 4 is 35.6 Å². The van der Waals surface area contributed by atoms with Crippen molar-refractivity contribution in [3.63, 3.8) is 0 Å². The minimum absolute atomic E-state index is 0.0902. The van der Waals surface area contributed by atoms with Crippen LogP contribution in [0.25, 0.3) is 0 Å². The van der Waals surface area contributed by atoms with Crippen molar-refractivity contribution < 1.29 is 34.1 Å². The van der Waals surface area contributed by atoms with Crippen LogP contribution in [0.2, 0.25) is 0 Å². The molecule has 0 aliphatic heterocycles. The molecule has 0 saturated heterocycles. The molecular formula is C30H47N3O7S. The number of carboxylic acid groups (broad SMARTS) is 1. The molecule has 0 radical (unpaired) electrons. The number of amides is 3. The van der Waals surface area contributed by atoms with Gasteiger partial charge in [-0.05, 0) is 69.9 Å². The molecule has 1 aromatic carbocycles. The number of aliphatic hydroxyl groups excluding tert-OH is 1. The number of alkyl carbamates (subject to hydrolysis) is 1. The third-order valence-electron chi connectivity index (χ3n) is 7.04. The van der Waals surface area contributed by atoms with Crippen LogP contribution >= 0.6 is 11.8 Å². The van der Waals surface area contributed by atoms with Crippen LogP contribution in [0, 0.1) is 5.92 Å². The molecule has 0 heterocycles. The molecule has 5 N–H and O–H groups in total. The van der Waals surface area contributed by atoms with Gasteiger partial charge in [0.15, 0.2) is 0 Å². The van der Waals surface area contributed by atoms with Gasteiger partial charge in [0.2, 0.25) is 11.8 Å². The normalized spacial score (nSPS) is 16.2. The first kappa shape index (κ1) is 34.4. The largest absolute Gasteiger partial charge is 0.481 e. The van der Waals surface area contributed by atoms with Gasteiger partial charge in [0, 0.05) is 17.9 Å². The Balaban J connectivity index is 1.99. The first-order chi connectivity index (χ1) is 19.4. The third-order valence-corrected chi connectivity index (χ3v) is 7.79. The Hall–Kier alpha value is -2.79. The van der Waals surface area contributed by atoms with Gasteiger partial charge < -0.3 is 30.9 Å². The van der Waals surface area contributed by atoms with Crippen LogP contribution in [0.1, 0.15) is 84.1 Å². The second-order valence-corrected chi connectivity index (χ2v) is 12.6. The second-order valence-electron chi connectivity index (χ2n) is 11.7. The number of benzene rings is 1. The Bertz CT molecular complexity index is 991. The molecule has 2 unspecified atom stereocenters. The maximum atomic E-state index is 12.9. The molecule has 0 aromatic heterocycles. The highest BCUT2D eigenvalue weighted by Crippen LogP contribution is 2.28. The fourth-order valence-corrected chi connectivity index (χ4v) is 5.33. The van der Waals surface area contributed by atoms with E-state index in [1.807, 2.05) is 30.5 Å². The number of aliphatic carboxylic acids is 1. The van der Waals surface area contributed by atoms with Crippen molar-refractivity contribution in [2.75, 3.05) is 12.8 Å². The molecule has 2 rings (SSSR count). The highest BCUT2D eigenvalue weighted by Gasteiger charge is 2.30. The van der Waals surface area contributed by atoms with Crippen molar-refractivity contribution in [1.82, 2.24) is 16.0 Å². The summed E-state index contributed by atoms with van der Waals surface area (Å²) in [5, 5.41) is 28.3. The average molecular weight is 594 g/mol. The van der Waals surface area contributed by atoms with Gasteiger partial charge in [-0.15, -0.1) is 11.8 Å². The maximum absolute atomic E-state index is 12.9. The predicted octanol–water partition coefficient (Wildman–Crippen LogP) is 4.03. The van der Waals surface area contributed by atoms with E-state index in [1.165, 1.54) is 0 Å². The predicted molar refractivity (Wildman–Crippen MR) is 159 cm³/mol. The van der Waals surface area contributed by atoms with E-state index in [-0.39, 0.29) is 19.3 Å². The molecule has 41 heavy (non-hydrogen) atoms. The van der Waals surface area contributed by atoms with Crippen molar-refractivity contribution in [3.8, 4) is 0 Å². The van der Waals surface area contributed by atoms with Gasteiger partial charge in [-0.3, -0.25) is 14.4 Å². The average Bonchev–Trinajstić information content (AvgIpc) is 2.90. The molecule has 230 valence electrons. The fourth-order valence-electron chi connectivity index (χ4n) is 4.92. The van der Waals surface area contributed by atoms with Crippen molar-refractivity contribution in [2.45, 2.75) is 114 Å². The van der Waals surface area contributed by atoms with Crippen molar-refractivity contribution in [3.05, 3.63) is 29.8 Å². The van der Waals surface area contributed by atoms with Crippen LogP contribution in [0.15, 0.2) is 29.2 Å². The Morgan fingerprint density at radius 3 is 2.29 bits per heavy atom. The quantitative estimate of drug-likeness (QED) is 0.191. The monoisotopic (exact) mass is 593 g/mol. The summed E-state index contributed by atoms with van der Waals surface area (Å²) in [5.41, 5.74) is 0.323. The number of carboxylic acids is 1. The van der Waals surface area contributed by atoms with Crippen LogP contribution in [0.3, 0.4) is 0 Å². The molecule has 0 bridgehead atoms. The number of carbonyl (C=O) groups is 4. The number of hydrogen-bond donors (Lipinski definition) is 5. The summed E-state index contributed by atoms with van der Waals surface area (Å²) >= 11 is 1.64. The van der Waals surface area contributed by atoms with E-state index in [4.69, 9.17) is 9.84 Å². The van der Waals surface area contributed by atoms with E-state index in [0.717, 1.165) is 42.6 Å². The molecule has 1 saturated carbocycles. The van der Waals surface area contributed by atoms with Crippen molar-refractivity contribution in [1.29, 1.82) is 0 Å². The zero-order valence-corrected chi connectivity index (χ0v) is 25.6. The number of nitrogens with one attached hydrogen (secondary N) is 3. The molecule has 11 heteroatoms. The number of thioether (sulfide) groups is 1. The Labute approximate surface area is 247 Å². The van der Waals surface area contributed by atoms with Gasteiger partial charge in [-0.2, -0.15) is 0 Å². The van der Waals surface area contributed by atoms with Gasteiger partial charge in [-0.1, -0.05) is 44.2 Å². The van der Waals surface area contributed by atoms with E-state index in [9.17, 15) is 24.3 Å². The first-order valence-electron chi connectivity index (χ1n) is 14.5. The van der Waals surface area contributed by atoms with Gasteiger partial charge >= 0.3 is 12.1 Å². The molecule has 1 aromatic rings. The summed E-state index contributed by atoms with van der Waals surface area (Å²) in [6, 6.07) is 6.20. The standard InChI is InChI=1S/C30H47N3O7S/c1-30(2,3)40-29(39)33-24(18-21-8-6-5-7-9-21)25(34)19-26(35)32-23(14-15-27(36)37)28(38)31-17-16-20-10-12-22(41-4)13-11-20/h10-13,21,23-25,34H,5-9,14-19H2,1-4H3,(H,31,38)(H,32,35)(H,33,39)(H,36,37)/t23-,24?,25?/m0/s1. The van der Waals surface area contributed by atoms with Crippen LogP contribution in [0.4, 0.5) is 4.79 Å². The number of hydrogen-bond acceptors (Lipinski definition) is 7. The minimum Gasteiger partial charge on any atom is -0.481 e. The maximum Gasteiger partial charge on any atom is 0.407 e. The lowest BCUT2D eigenvalue weighted by Crippen LogP contribution is -2.51. The first-order valence-corrected chi connectivity index (χ1v) is 15.7. The lowest BCUT2D eigenvalue weighted by molar-refractivity contribution is -0.138. The Morgan fingerprint density at radius 1 is 1.05 bits per heavy atom. The van der Waals surface area contributed by atoms with Crippen LogP contribution in [0.5, 0.6) is 0 Å². The molecule has 10 nitrogen and oxygen atoms in total. The summed E-state index contributed by atoms with van der Waals surface area (Å²) in [6.07, 6.45) is 5.77. The van der Waals surface area contributed by atoms with Crippen molar-refractivity contribution in [2.24, 2.45) is 5.92 Å². The van der Waals surface area contributed by atoms with Crippen LogP contribution in [-0.4, -0.2) is 70.7 Å². The fraction of sp³-hybridized carbons (Fsp3) is 0.667. The smallest absolute Gasteiger partial charge is 0.407 e. The highest BCUT2D eigenvalue weighted by molar-refractivity contribution is 7.98. The summed E-state index contributed by atoms with van der Waals surface area (Å²) in [4.78, 5) is 50.6.